The topological polar surface area (TPSA) is 88.3 Å². The van der Waals surface area contributed by atoms with E-state index in [0.29, 0.717) is 12.0 Å². The first-order valence-corrected chi connectivity index (χ1v) is 10.9. The summed E-state index contributed by atoms with van der Waals surface area (Å²) in [6.45, 7) is 4.01. The smallest absolute Gasteiger partial charge is 0.244 e. The fourth-order valence-corrected chi connectivity index (χ4v) is 5.89. The molecule has 0 saturated heterocycles. The molecular formula is C21H24N4O3S. The molecule has 0 aliphatic carbocycles. The molecule has 3 heterocycles. The Kier molecular flexibility index (Phi) is 5.02. The minimum absolute atomic E-state index is 0.143. The van der Waals surface area contributed by atoms with Crippen molar-refractivity contribution >= 4 is 10.0 Å². The summed E-state index contributed by atoms with van der Waals surface area (Å²) < 4.78 is 30.2. The summed E-state index contributed by atoms with van der Waals surface area (Å²) in [5.41, 5.74) is 3.98. The van der Waals surface area contributed by atoms with Crippen LogP contribution in [-0.2, 0) is 30.0 Å². The zero-order chi connectivity index (χ0) is 20.8. The Bertz CT molecular complexity index is 1140. The Morgan fingerprint density at radius 1 is 1.14 bits per heavy atom. The molecule has 0 amide bonds. The minimum Gasteiger partial charge on any atom is -0.387 e. The molecule has 2 atom stereocenters. The van der Waals surface area contributed by atoms with E-state index in [2.05, 4.69) is 10.1 Å². The zero-order valence-corrected chi connectivity index (χ0v) is 17.5. The summed E-state index contributed by atoms with van der Waals surface area (Å²) in [6, 6.07) is 9.66. The molecule has 1 aliphatic rings. The van der Waals surface area contributed by atoms with Gasteiger partial charge in [-0.1, -0.05) is 24.3 Å². The van der Waals surface area contributed by atoms with Gasteiger partial charge in [0.1, 0.15) is 0 Å². The molecule has 29 heavy (non-hydrogen) atoms. The number of fused-ring (bicyclic) bond motifs is 1. The number of rotatable bonds is 4. The summed E-state index contributed by atoms with van der Waals surface area (Å²) >= 11 is 0. The van der Waals surface area contributed by atoms with Crippen LogP contribution in [0.5, 0.6) is 0 Å². The van der Waals surface area contributed by atoms with Gasteiger partial charge in [-0.2, -0.15) is 9.40 Å². The van der Waals surface area contributed by atoms with Crippen molar-refractivity contribution in [3.05, 3.63) is 76.9 Å². The van der Waals surface area contributed by atoms with Crippen LogP contribution in [0.3, 0.4) is 0 Å². The number of hydrogen-bond acceptors (Lipinski definition) is 5. The van der Waals surface area contributed by atoms with Crippen LogP contribution in [0.1, 0.15) is 34.2 Å². The van der Waals surface area contributed by atoms with Crippen molar-refractivity contribution in [2.24, 2.45) is 7.05 Å². The molecule has 1 aliphatic heterocycles. The Morgan fingerprint density at radius 2 is 1.90 bits per heavy atom. The number of nitrogens with zero attached hydrogens (tertiary/aromatic N) is 4. The van der Waals surface area contributed by atoms with Crippen molar-refractivity contribution in [1.29, 1.82) is 0 Å². The van der Waals surface area contributed by atoms with Crippen LogP contribution in [0, 0.1) is 13.8 Å². The third kappa shape index (κ3) is 3.37. The van der Waals surface area contributed by atoms with E-state index in [9.17, 15) is 13.5 Å². The first-order valence-electron chi connectivity index (χ1n) is 9.47. The number of aryl methyl sites for hydroxylation is 2. The zero-order valence-electron chi connectivity index (χ0n) is 16.6. The lowest BCUT2D eigenvalue weighted by atomic mass is 9.94. The van der Waals surface area contributed by atoms with Crippen LogP contribution in [0.25, 0.3) is 0 Å². The van der Waals surface area contributed by atoms with E-state index in [1.165, 1.54) is 4.31 Å². The van der Waals surface area contributed by atoms with E-state index in [-0.39, 0.29) is 11.4 Å². The van der Waals surface area contributed by atoms with Crippen LogP contribution >= 0.6 is 0 Å². The average molecular weight is 413 g/mol. The summed E-state index contributed by atoms with van der Waals surface area (Å²) in [6.07, 6.45) is 2.74. The molecule has 0 fully saturated rings. The van der Waals surface area contributed by atoms with Gasteiger partial charge in [-0.25, -0.2) is 8.42 Å². The molecule has 152 valence electrons. The standard InChI is InChI=1S/C21H24N4O3S/c1-14-18(15(2)24(3)23-14)11-19-21(26)17-8-4-5-9-20(17)29(27,28)25(19)13-16-7-6-10-22-12-16/h4-10,12,19,21,26H,11,13H2,1-3H3/t19-,21+/m1/s1. The number of benzene rings is 1. The van der Waals surface area contributed by atoms with Crippen molar-refractivity contribution in [2.45, 2.75) is 43.9 Å². The van der Waals surface area contributed by atoms with Gasteiger partial charge in [-0.3, -0.25) is 9.67 Å². The highest BCUT2D eigenvalue weighted by atomic mass is 32.2. The van der Waals surface area contributed by atoms with E-state index in [0.717, 1.165) is 22.5 Å². The van der Waals surface area contributed by atoms with Crippen LogP contribution < -0.4 is 0 Å². The fraction of sp³-hybridized carbons (Fsp3) is 0.333. The Hall–Kier alpha value is -2.55. The third-order valence-electron chi connectivity index (χ3n) is 5.69. The molecule has 7 nitrogen and oxygen atoms in total. The number of hydrogen-bond donors (Lipinski definition) is 1. The van der Waals surface area contributed by atoms with Crippen molar-refractivity contribution in [1.82, 2.24) is 19.1 Å². The Labute approximate surface area is 170 Å². The lowest BCUT2D eigenvalue weighted by Crippen LogP contribution is -2.48. The first-order chi connectivity index (χ1) is 13.8. The normalized spacial score (nSPS) is 21.1. The molecule has 0 spiro atoms. The van der Waals surface area contributed by atoms with E-state index in [4.69, 9.17) is 0 Å². The first kappa shape index (κ1) is 19.8. The lowest BCUT2D eigenvalue weighted by molar-refractivity contribution is 0.0767. The molecular weight excluding hydrogens is 388 g/mol. The minimum atomic E-state index is -3.78. The van der Waals surface area contributed by atoms with E-state index in [1.807, 2.05) is 27.0 Å². The monoisotopic (exact) mass is 412 g/mol. The molecule has 4 rings (SSSR count). The highest BCUT2D eigenvalue weighted by Gasteiger charge is 2.44. The molecule has 1 N–H and O–H groups in total. The Balaban J connectivity index is 1.83. The van der Waals surface area contributed by atoms with Gasteiger partial charge in [0.05, 0.1) is 22.7 Å². The van der Waals surface area contributed by atoms with Crippen LogP contribution in [0.4, 0.5) is 0 Å². The van der Waals surface area contributed by atoms with Gasteiger partial charge in [0.15, 0.2) is 0 Å². The molecule has 1 aromatic carbocycles. The number of aromatic nitrogens is 3. The van der Waals surface area contributed by atoms with E-state index in [1.54, 1.807) is 47.4 Å². The molecule has 2 aromatic heterocycles. The van der Waals surface area contributed by atoms with E-state index < -0.39 is 22.2 Å². The van der Waals surface area contributed by atoms with Gasteiger partial charge < -0.3 is 5.11 Å². The van der Waals surface area contributed by atoms with Crippen molar-refractivity contribution in [3.8, 4) is 0 Å². The van der Waals surface area contributed by atoms with Gasteiger partial charge in [0.2, 0.25) is 10.0 Å². The fourth-order valence-electron chi connectivity index (χ4n) is 4.04. The quantitative estimate of drug-likeness (QED) is 0.710. The number of sulfonamides is 1. The summed E-state index contributed by atoms with van der Waals surface area (Å²) in [7, 11) is -1.92. The predicted molar refractivity (Wildman–Crippen MR) is 109 cm³/mol. The van der Waals surface area contributed by atoms with E-state index >= 15 is 0 Å². The second kappa shape index (κ2) is 7.37. The SMILES string of the molecule is Cc1nn(C)c(C)c1C[C@@H]1[C@@H](O)c2ccccc2S(=O)(=O)N1Cc1cccnc1. The average Bonchev–Trinajstić information content (AvgIpc) is 2.95. The maximum Gasteiger partial charge on any atom is 0.244 e. The summed E-state index contributed by atoms with van der Waals surface area (Å²) in [4.78, 5) is 4.26. The Morgan fingerprint density at radius 3 is 2.55 bits per heavy atom. The number of aliphatic hydroxyl groups excluding tert-OH is 1. The van der Waals surface area contributed by atoms with Crippen molar-refractivity contribution in [3.63, 3.8) is 0 Å². The largest absolute Gasteiger partial charge is 0.387 e. The van der Waals surface area contributed by atoms with Crippen LogP contribution in [0.15, 0.2) is 53.7 Å². The van der Waals surface area contributed by atoms with Gasteiger partial charge >= 0.3 is 0 Å². The predicted octanol–water partition coefficient (Wildman–Crippen LogP) is 2.28. The van der Waals surface area contributed by atoms with Crippen LogP contribution in [0.2, 0.25) is 0 Å². The molecule has 0 radical (unpaired) electrons. The van der Waals surface area contributed by atoms with Gasteiger partial charge in [-0.15, -0.1) is 0 Å². The number of pyridine rings is 1. The van der Waals surface area contributed by atoms with Crippen LogP contribution in [-0.4, -0.2) is 38.6 Å². The maximum absolute atomic E-state index is 13.5. The third-order valence-corrected chi connectivity index (χ3v) is 7.64. The lowest BCUT2D eigenvalue weighted by Gasteiger charge is -2.39. The molecule has 8 heteroatoms. The highest BCUT2D eigenvalue weighted by Crippen LogP contribution is 2.39. The van der Waals surface area contributed by atoms with Gasteiger partial charge in [-0.05, 0) is 43.5 Å². The molecule has 0 bridgehead atoms. The number of aliphatic hydroxyl groups is 1. The van der Waals surface area contributed by atoms with Crippen molar-refractivity contribution < 1.29 is 13.5 Å². The molecule has 0 saturated carbocycles. The van der Waals surface area contributed by atoms with Gasteiger partial charge in [0.25, 0.3) is 0 Å². The second-order valence-corrected chi connectivity index (χ2v) is 9.30. The molecule has 3 aromatic rings. The second-order valence-electron chi connectivity index (χ2n) is 7.44. The highest BCUT2D eigenvalue weighted by molar-refractivity contribution is 7.89. The summed E-state index contributed by atoms with van der Waals surface area (Å²) in [5, 5.41) is 15.7. The summed E-state index contributed by atoms with van der Waals surface area (Å²) in [5.74, 6) is 0. The van der Waals surface area contributed by atoms with Crippen molar-refractivity contribution in [2.75, 3.05) is 0 Å². The maximum atomic E-state index is 13.5. The molecule has 0 unspecified atom stereocenters. The van der Waals surface area contributed by atoms with Gasteiger partial charge in [0, 0.05) is 37.2 Å².